The summed E-state index contributed by atoms with van der Waals surface area (Å²) in [6, 6.07) is 1.10. The van der Waals surface area contributed by atoms with Crippen molar-refractivity contribution in [3.8, 4) is 5.88 Å². The van der Waals surface area contributed by atoms with E-state index in [1.165, 1.54) is 26.3 Å². The molecule has 13 nitrogen and oxygen atoms in total. The quantitative estimate of drug-likeness (QED) is 0.198. The van der Waals surface area contributed by atoms with E-state index >= 15 is 0 Å². The monoisotopic (exact) mass is 553 g/mol. The van der Waals surface area contributed by atoms with Gasteiger partial charge in [-0.15, -0.1) is 0 Å². The average molecular weight is 554 g/mol. The van der Waals surface area contributed by atoms with Crippen molar-refractivity contribution in [3.05, 3.63) is 22.7 Å². The van der Waals surface area contributed by atoms with E-state index < -0.39 is 49.5 Å². The number of hydrogen-bond acceptors (Lipinski definition) is 12. The summed E-state index contributed by atoms with van der Waals surface area (Å²) in [6.07, 6.45) is -2.65. The van der Waals surface area contributed by atoms with Gasteiger partial charge in [0.15, 0.2) is 11.3 Å². The minimum absolute atomic E-state index is 0.0759. The van der Waals surface area contributed by atoms with Crippen LogP contribution in [0.1, 0.15) is 40.8 Å². The standard InChI is InChI=1S/C21H36N3O10PS/c1-13(2)23-35(30,32-9-10-36-18(27)20(3,4)12-25)33-11-14-16(26)21(5,29)17(34-14)24-8-7-15(31-6)22-19(24)28/h7-8,13-14,16-17,25-26,29H,9-12H2,1-6H3,(H,23,30)/t14-,16-,17-,21-,35?/m1/s1. The van der Waals surface area contributed by atoms with Crippen molar-refractivity contribution >= 4 is 24.6 Å². The molecule has 1 aliphatic rings. The number of aliphatic hydroxyl groups excluding tert-OH is 2. The molecule has 1 saturated heterocycles. The summed E-state index contributed by atoms with van der Waals surface area (Å²) in [4.78, 5) is 28.2. The molecule has 1 aromatic heterocycles. The highest BCUT2D eigenvalue weighted by Crippen LogP contribution is 2.46. The number of aromatic nitrogens is 2. The van der Waals surface area contributed by atoms with E-state index in [-0.39, 0.29) is 36.0 Å². The van der Waals surface area contributed by atoms with E-state index in [1.807, 2.05) is 0 Å². The molecule has 0 amide bonds. The van der Waals surface area contributed by atoms with Gasteiger partial charge in [-0.05, 0) is 34.6 Å². The fraction of sp³-hybridized carbons (Fsp3) is 0.762. The van der Waals surface area contributed by atoms with Gasteiger partial charge >= 0.3 is 13.4 Å². The molecule has 1 unspecified atom stereocenters. The first-order valence-corrected chi connectivity index (χ1v) is 13.8. The number of nitrogens with zero attached hydrogens (tertiary/aromatic N) is 2. The molecule has 2 rings (SSSR count). The lowest BCUT2D eigenvalue weighted by molar-refractivity contribution is -0.119. The topological polar surface area (TPSA) is 179 Å². The van der Waals surface area contributed by atoms with Crippen molar-refractivity contribution in [2.24, 2.45) is 5.41 Å². The van der Waals surface area contributed by atoms with E-state index in [2.05, 4.69) is 10.1 Å². The van der Waals surface area contributed by atoms with Crippen LogP contribution in [0.5, 0.6) is 5.88 Å². The molecular formula is C21H36N3O10PS. The maximum absolute atomic E-state index is 13.3. The Hall–Kier alpha value is -1.35. The molecule has 206 valence electrons. The Morgan fingerprint density at radius 3 is 2.64 bits per heavy atom. The molecule has 0 spiro atoms. The number of aliphatic hydroxyl groups is 3. The van der Waals surface area contributed by atoms with Gasteiger partial charge in [0.25, 0.3) is 0 Å². The normalized spacial score (nSPS) is 26.2. The summed E-state index contributed by atoms with van der Waals surface area (Å²) >= 11 is 0.940. The Labute approximate surface area is 214 Å². The Balaban J connectivity index is 2.06. The molecule has 5 atom stereocenters. The van der Waals surface area contributed by atoms with Crippen molar-refractivity contribution in [2.75, 3.05) is 32.7 Å². The predicted molar refractivity (Wildman–Crippen MR) is 132 cm³/mol. The molecular weight excluding hydrogens is 517 g/mol. The largest absolute Gasteiger partial charge is 0.481 e. The number of rotatable bonds is 13. The van der Waals surface area contributed by atoms with E-state index in [9.17, 15) is 29.5 Å². The van der Waals surface area contributed by atoms with Gasteiger partial charge < -0.3 is 24.8 Å². The summed E-state index contributed by atoms with van der Waals surface area (Å²) in [6.45, 7) is 7.14. The van der Waals surface area contributed by atoms with Gasteiger partial charge in [-0.25, -0.2) is 14.4 Å². The maximum atomic E-state index is 13.3. The Bertz CT molecular complexity index is 1000. The van der Waals surface area contributed by atoms with E-state index in [1.54, 1.807) is 27.7 Å². The SMILES string of the molecule is COc1ccn([C@@H]2O[C@H](COP(=O)(NC(C)C)OCCSC(=O)C(C)(C)CO)[C@@H](O)[C@@]2(C)O)c(=O)n1. The maximum Gasteiger partial charge on any atom is 0.405 e. The van der Waals surface area contributed by atoms with Crippen LogP contribution >= 0.6 is 19.5 Å². The van der Waals surface area contributed by atoms with Gasteiger partial charge in [-0.3, -0.25) is 18.4 Å². The van der Waals surface area contributed by atoms with Crippen LogP contribution in [0, 0.1) is 5.41 Å². The zero-order valence-corrected chi connectivity index (χ0v) is 23.0. The molecule has 2 heterocycles. The van der Waals surface area contributed by atoms with E-state index in [0.717, 1.165) is 16.3 Å². The van der Waals surface area contributed by atoms with Crippen LogP contribution in [0.3, 0.4) is 0 Å². The number of nitrogens with one attached hydrogen (secondary N) is 1. The third kappa shape index (κ3) is 7.59. The van der Waals surface area contributed by atoms with E-state index in [0.29, 0.717) is 0 Å². The van der Waals surface area contributed by atoms with Crippen LogP contribution in [-0.4, -0.2) is 86.5 Å². The molecule has 1 aromatic rings. The zero-order valence-electron chi connectivity index (χ0n) is 21.2. The van der Waals surface area contributed by atoms with Crippen LogP contribution in [0.4, 0.5) is 0 Å². The lowest BCUT2D eigenvalue weighted by Crippen LogP contribution is -2.46. The second-order valence-electron chi connectivity index (χ2n) is 9.45. The lowest BCUT2D eigenvalue weighted by Gasteiger charge is -2.27. The van der Waals surface area contributed by atoms with Gasteiger partial charge in [0.1, 0.15) is 17.8 Å². The van der Waals surface area contributed by atoms with Crippen LogP contribution in [0.25, 0.3) is 0 Å². The molecule has 1 fully saturated rings. The second-order valence-corrected chi connectivity index (χ2v) is 12.3. The predicted octanol–water partition coefficient (Wildman–Crippen LogP) is 0.679. The second kappa shape index (κ2) is 12.5. The molecule has 0 bridgehead atoms. The number of carbonyl (C=O) groups is 1. The Morgan fingerprint density at radius 1 is 1.42 bits per heavy atom. The molecule has 0 radical (unpaired) electrons. The third-order valence-electron chi connectivity index (χ3n) is 5.37. The molecule has 36 heavy (non-hydrogen) atoms. The van der Waals surface area contributed by atoms with E-state index in [4.69, 9.17) is 18.5 Å². The fourth-order valence-corrected chi connectivity index (χ4v) is 5.68. The average Bonchev–Trinajstić information content (AvgIpc) is 3.03. The van der Waals surface area contributed by atoms with Crippen molar-refractivity contribution in [2.45, 2.75) is 64.7 Å². The van der Waals surface area contributed by atoms with Gasteiger partial charge in [0, 0.05) is 24.1 Å². The van der Waals surface area contributed by atoms with Crippen molar-refractivity contribution < 1.29 is 43.2 Å². The summed E-state index contributed by atoms with van der Waals surface area (Å²) in [7, 11) is -2.56. The number of methoxy groups -OCH3 is 1. The summed E-state index contributed by atoms with van der Waals surface area (Å²) in [5.74, 6) is 0.245. The van der Waals surface area contributed by atoms with Crippen LogP contribution in [-0.2, 0) is 23.1 Å². The number of carbonyl (C=O) groups excluding carboxylic acids is 1. The first-order chi connectivity index (χ1) is 16.7. The highest BCUT2D eigenvalue weighted by Gasteiger charge is 2.54. The number of hydrogen-bond donors (Lipinski definition) is 4. The van der Waals surface area contributed by atoms with Crippen molar-refractivity contribution in [3.63, 3.8) is 0 Å². The highest BCUT2D eigenvalue weighted by molar-refractivity contribution is 8.13. The Kier molecular flexibility index (Phi) is 10.7. The third-order valence-corrected chi connectivity index (χ3v) is 8.40. The molecule has 0 saturated carbocycles. The van der Waals surface area contributed by atoms with Crippen LogP contribution < -0.4 is 15.5 Å². The molecule has 0 aromatic carbocycles. The lowest BCUT2D eigenvalue weighted by atomic mass is 9.96. The van der Waals surface area contributed by atoms with Crippen LogP contribution in [0.15, 0.2) is 17.1 Å². The fourth-order valence-electron chi connectivity index (χ4n) is 3.22. The number of ether oxygens (including phenoxy) is 2. The molecule has 4 N–H and O–H groups in total. The summed E-state index contributed by atoms with van der Waals surface area (Å²) in [5, 5.41) is 33.3. The minimum Gasteiger partial charge on any atom is -0.481 e. The van der Waals surface area contributed by atoms with Crippen molar-refractivity contribution in [1.29, 1.82) is 0 Å². The smallest absolute Gasteiger partial charge is 0.405 e. The molecule has 0 aliphatic carbocycles. The first-order valence-electron chi connectivity index (χ1n) is 11.3. The summed E-state index contributed by atoms with van der Waals surface area (Å²) < 4.78 is 35.8. The Morgan fingerprint density at radius 2 is 2.08 bits per heavy atom. The minimum atomic E-state index is -3.91. The van der Waals surface area contributed by atoms with Gasteiger partial charge in [-0.2, -0.15) is 4.98 Å². The highest BCUT2D eigenvalue weighted by atomic mass is 32.2. The van der Waals surface area contributed by atoms with Gasteiger partial charge in [0.05, 0.1) is 32.3 Å². The number of thioether (sulfide) groups is 1. The van der Waals surface area contributed by atoms with Crippen LogP contribution in [0.2, 0.25) is 0 Å². The van der Waals surface area contributed by atoms with Crippen molar-refractivity contribution in [1.82, 2.24) is 14.6 Å². The van der Waals surface area contributed by atoms with Gasteiger partial charge in [-0.1, -0.05) is 11.8 Å². The van der Waals surface area contributed by atoms with Gasteiger partial charge in [0.2, 0.25) is 5.88 Å². The molecule has 15 heteroatoms. The summed E-state index contributed by atoms with van der Waals surface area (Å²) in [5.41, 5.74) is -3.58. The zero-order chi connectivity index (χ0) is 27.3. The molecule has 1 aliphatic heterocycles. The first kappa shape index (κ1) is 30.9.